The first-order valence-electron chi connectivity index (χ1n) is 5.69. The molecule has 15 heavy (non-hydrogen) atoms. The lowest BCUT2D eigenvalue weighted by atomic mass is 10.0. The van der Waals surface area contributed by atoms with Crippen LogP contribution in [0.5, 0.6) is 0 Å². The molecule has 1 fully saturated rings. The Kier molecular flexibility index (Phi) is 4.54. The zero-order valence-corrected chi connectivity index (χ0v) is 10.1. The van der Waals surface area contributed by atoms with Gasteiger partial charge in [-0.3, -0.25) is 4.79 Å². The number of carbonyl (C=O) groups excluding carboxylic acids is 1. The highest BCUT2D eigenvalue weighted by Gasteiger charge is 2.21. The van der Waals surface area contributed by atoms with Crippen LogP contribution in [0.2, 0.25) is 0 Å². The molecule has 0 radical (unpaired) electrons. The number of likely N-dealkylation sites (N-methyl/N-ethyl adjacent to an activating group) is 1. The maximum absolute atomic E-state index is 11.5. The second-order valence-corrected chi connectivity index (χ2v) is 4.75. The summed E-state index contributed by atoms with van der Waals surface area (Å²) < 4.78 is 0. The van der Waals surface area contributed by atoms with Crippen molar-refractivity contribution in [2.75, 3.05) is 33.7 Å². The lowest BCUT2D eigenvalue weighted by Gasteiger charge is -2.21. The minimum Gasteiger partial charge on any atom is -0.344 e. The smallest absolute Gasteiger partial charge is 0.238 e. The lowest BCUT2D eigenvalue weighted by Crippen LogP contribution is -2.40. The number of nitrogens with zero attached hydrogens (tertiary/aromatic N) is 2. The molecule has 1 aliphatic heterocycles. The fourth-order valence-electron chi connectivity index (χ4n) is 2.10. The van der Waals surface area contributed by atoms with E-state index in [-0.39, 0.29) is 11.9 Å². The van der Waals surface area contributed by atoms with Crippen molar-refractivity contribution < 1.29 is 4.79 Å². The first-order valence-corrected chi connectivity index (χ1v) is 5.69. The van der Waals surface area contributed by atoms with Crippen molar-refractivity contribution in [2.45, 2.75) is 25.8 Å². The van der Waals surface area contributed by atoms with Gasteiger partial charge in [0.2, 0.25) is 5.91 Å². The van der Waals surface area contributed by atoms with E-state index in [1.165, 1.54) is 19.5 Å². The predicted molar refractivity (Wildman–Crippen MR) is 61.5 cm³/mol. The van der Waals surface area contributed by atoms with Gasteiger partial charge < -0.3 is 15.5 Å². The summed E-state index contributed by atoms with van der Waals surface area (Å²) in [5.74, 6) is 0.791. The van der Waals surface area contributed by atoms with E-state index in [2.05, 4.69) is 11.9 Å². The van der Waals surface area contributed by atoms with Gasteiger partial charge >= 0.3 is 0 Å². The van der Waals surface area contributed by atoms with E-state index in [0.717, 1.165) is 18.9 Å². The van der Waals surface area contributed by atoms with E-state index >= 15 is 0 Å². The number of likely N-dealkylation sites (tertiary alicyclic amines) is 1. The van der Waals surface area contributed by atoms with Crippen molar-refractivity contribution in [1.82, 2.24) is 9.80 Å². The van der Waals surface area contributed by atoms with E-state index in [0.29, 0.717) is 0 Å². The van der Waals surface area contributed by atoms with Gasteiger partial charge in [-0.05, 0) is 39.3 Å². The fraction of sp³-hybridized carbons (Fsp3) is 0.909. The molecule has 0 spiro atoms. The Labute approximate surface area is 92.4 Å². The van der Waals surface area contributed by atoms with Crippen LogP contribution in [0.1, 0.15) is 19.8 Å². The van der Waals surface area contributed by atoms with Crippen molar-refractivity contribution in [3.8, 4) is 0 Å². The van der Waals surface area contributed by atoms with Crippen LogP contribution in [0.15, 0.2) is 0 Å². The molecule has 1 heterocycles. The molecule has 1 rings (SSSR count). The van der Waals surface area contributed by atoms with Gasteiger partial charge in [-0.25, -0.2) is 0 Å². The van der Waals surface area contributed by atoms with Crippen LogP contribution in [0, 0.1) is 5.92 Å². The average Bonchev–Trinajstić information content (AvgIpc) is 2.59. The standard InChI is InChI=1S/C11H23N3O/c1-9(12)11(15)14(3)7-5-10-4-6-13(2)8-10/h9-10H,4-8,12H2,1-3H3. The monoisotopic (exact) mass is 213 g/mol. The molecule has 0 saturated carbocycles. The van der Waals surface area contributed by atoms with Gasteiger partial charge in [0.15, 0.2) is 0 Å². The summed E-state index contributed by atoms with van der Waals surface area (Å²) in [4.78, 5) is 15.6. The quantitative estimate of drug-likeness (QED) is 0.722. The first-order chi connectivity index (χ1) is 7.00. The molecule has 0 bridgehead atoms. The second kappa shape index (κ2) is 5.47. The van der Waals surface area contributed by atoms with Crippen LogP contribution >= 0.6 is 0 Å². The number of carbonyl (C=O) groups is 1. The van der Waals surface area contributed by atoms with Gasteiger partial charge in [0.1, 0.15) is 0 Å². The molecule has 2 unspecified atom stereocenters. The highest BCUT2D eigenvalue weighted by atomic mass is 16.2. The molecule has 1 aliphatic rings. The Morgan fingerprint density at radius 1 is 1.67 bits per heavy atom. The summed E-state index contributed by atoms with van der Waals surface area (Å²) in [6.07, 6.45) is 2.36. The predicted octanol–water partition coefficient (Wildman–Crippen LogP) is 0.134. The van der Waals surface area contributed by atoms with Gasteiger partial charge in [-0.1, -0.05) is 0 Å². The summed E-state index contributed by atoms with van der Waals surface area (Å²) in [6.45, 7) is 4.93. The van der Waals surface area contributed by atoms with E-state index in [1.807, 2.05) is 7.05 Å². The molecule has 2 atom stereocenters. The molecule has 0 aromatic carbocycles. The Hall–Kier alpha value is -0.610. The van der Waals surface area contributed by atoms with Crippen molar-refractivity contribution >= 4 is 5.91 Å². The van der Waals surface area contributed by atoms with Gasteiger partial charge in [-0.15, -0.1) is 0 Å². The maximum Gasteiger partial charge on any atom is 0.238 e. The summed E-state index contributed by atoms with van der Waals surface area (Å²) in [6, 6.07) is -0.374. The van der Waals surface area contributed by atoms with Gasteiger partial charge in [0, 0.05) is 20.1 Å². The molecule has 4 nitrogen and oxygen atoms in total. The third kappa shape index (κ3) is 3.80. The molecular weight excluding hydrogens is 190 g/mol. The third-order valence-corrected chi connectivity index (χ3v) is 3.13. The molecule has 88 valence electrons. The Balaban J connectivity index is 2.22. The lowest BCUT2D eigenvalue weighted by molar-refractivity contribution is -0.131. The molecule has 4 heteroatoms. The molecule has 1 amide bonds. The van der Waals surface area contributed by atoms with Gasteiger partial charge in [-0.2, -0.15) is 0 Å². The number of nitrogens with two attached hydrogens (primary N) is 1. The molecular formula is C11H23N3O. The normalized spacial score (nSPS) is 24.1. The van der Waals surface area contributed by atoms with Crippen molar-refractivity contribution in [3.05, 3.63) is 0 Å². The number of hydrogen-bond donors (Lipinski definition) is 1. The highest BCUT2D eigenvalue weighted by Crippen LogP contribution is 2.17. The van der Waals surface area contributed by atoms with E-state index in [1.54, 1.807) is 11.8 Å². The largest absolute Gasteiger partial charge is 0.344 e. The van der Waals surface area contributed by atoms with E-state index in [9.17, 15) is 4.79 Å². The van der Waals surface area contributed by atoms with Gasteiger partial charge in [0.05, 0.1) is 6.04 Å². The fourth-order valence-corrected chi connectivity index (χ4v) is 2.10. The number of hydrogen-bond acceptors (Lipinski definition) is 3. The SMILES string of the molecule is CC(N)C(=O)N(C)CCC1CCN(C)C1. The first kappa shape index (κ1) is 12.5. The minimum absolute atomic E-state index is 0.0429. The van der Waals surface area contributed by atoms with Crippen LogP contribution in [0.3, 0.4) is 0 Å². The van der Waals surface area contributed by atoms with Crippen LogP contribution in [0.4, 0.5) is 0 Å². The highest BCUT2D eigenvalue weighted by molar-refractivity contribution is 5.80. The Morgan fingerprint density at radius 3 is 2.80 bits per heavy atom. The summed E-state index contributed by atoms with van der Waals surface area (Å²) in [5.41, 5.74) is 5.54. The molecule has 0 aromatic rings. The van der Waals surface area contributed by atoms with E-state index < -0.39 is 0 Å². The van der Waals surface area contributed by atoms with Crippen LogP contribution in [-0.2, 0) is 4.79 Å². The Morgan fingerprint density at radius 2 is 2.33 bits per heavy atom. The topological polar surface area (TPSA) is 49.6 Å². The third-order valence-electron chi connectivity index (χ3n) is 3.13. The summed E-state index contributed by atoms with van der Waals surface area (Å²) in [7, 11) is 3.99. The number of rotatable bonds is 4. The minimum atomic E-state index is -0.374. The van der Waals surface area contributed by atoms with Crippen LogP contribution < -0.4 is 5.73 Å². The molecule has 1 saturated heterocycles. The van der Waals surface area contributed by atoms with E-state index in [4.69, 9.17) is 5.73 Å². The van der Waals surface area contributed by atoms with Crippen molar-refractivity contribution in [2.24, 2.45) is 11.7 Å². The molecule has 0 aliphatic carbocycles. The molecule has 2 N–H and O–H groups in total. The zero-order chi connectivity index (χ0) is 11.4. The number of amides is 1. The zero-order valence-electron chi connectivity index (χ0n) is 10.1. The second-order valence-electron chi connectivity index (χ2n) is 4.75. The average molecular weight is 213 g/mol. The molecule has 0 aromatic heterocycles. The van der Waals surface area contributed by atoms with Crippen molar-refractivity contribution in [3.63, 3.8) is 0 Å². The maximum atomic E-state index is 11.5. The summed E-state index contributed by atoms with van der Waals surface area (Å²) in [5, 5.41) is 0. The summed E-state index contributed by atoms with van der Waals surface area (Å²) >= 11 is 0. The van der Waals surface area contributed by atoms with Crippen molar-refractivity contribution in [1.29, 1.82) is 0 Å². The van der Waals surface area contributed by atoms with Crippen LogP contribution in [-0.4, -0.2) is 55.5 Å². The Bertz CT molecular complexity index is 218. The van der Waals surface area contributed by atoms with Crippen LogP contribution in [0.25, 0.3) is 0 Å². The van der Waals surface area contributed by atoms with Gasteiger partial charge in [0.25, 0.3) is 0 Å².